The zero-order valence-corrected chi connectivity index (χ0v) is 10.6. The smallest absolute Gasteiger partial charge is 0.352 e. The zero-order valence-electron chi connectivity index (χ0n) is 10.6. The van der Waals surface area contributed by atoms with Gasteiger partial charge in [0.05, 0.1) is 5.69 Å². The highest BCUT2D eigenvalue weighted by Crippen LogP contribution is 2.33. The predicted molar refractivity (Wildman–Crippen MR) is 69.4 cm³/mol. The molecule has 0 amide bonds. The van der Waals surface area contributed by atoms with E-state index in [1.165, 1.54) is 11.9 Å². The minimum Gasteiger partial charge on any atom is -0.479 e. The molecule has 0 fully saturated rings. The average molecular weight is 262 g/mol. The second kappa shape index (κ2) is 4.38. The molecule has 2 N–H and O–H groups in total. The Labute approximate surface area is 110 Å². The van der Waals surface area contributed by atoms with Gasteiger partial charge in [-0.2, -0.15) is 5.10 Å². The summed E-state index contributed by atoms with van der Waals surface area (Å²) in [6.45, 7) is 3.38. The van der Waals surface area contributed by atoms with Crippen LogP contribution in [0.4, 0.5) is 5.69 Å². The second-order valence-corrected chi connectivity index (χ2v) is 4.75. The molecule has 0 radical (unpaired) electrons. The van der Waals surface area contributed by atoms with E-state index in [4.69, 9.17) is 5.11 Å². The maximum absolute atomic E-state index is 11.4. The molecule has 0 aliphatic carbocycles. The normalized spacial score (nSPS) is 22.2. The van der Waals surface area contributed by atoms with Crippen molar-refractivity contribution in [2.45, 2.75) is 25.8 Å². The summed E-state index contributed by atoms with van der Waals surface area (Å²) < 4.78 is 0. The lowest BCUT2D eigenvalue weighted by molar-refractivity contribution is -0.142. The minimum atomic E-state index is -1.37. The Kier molecular flexibility index (Phi) is 3.01. The quantitative estimate of drug-likeness (QED) is 0.861. The summed E-state index contributed by atoms with van der Waals surface area (Å²) in [5, 5.41) is 23.5. The first-order valence-electron chi connectivity index (χ1n) is 5.75. The summed E-state index contributed by atoms with van der Waals surface area (Å²) in [6.07, 6.45) is -0.133. The van der Waals surface area contributed by atoms with Crippen molar-refractivity contribution in [1.82, 2.24) is 0 Å². The highest BCUT2D eigenvalue weighted by Gasteiger charge is 2.47. The molecular weight excluding hydrogens is 248 g/mol. The maximum atomic E-state index is 11.4. The lowest BCUT2D eigenvalue weighted by atomic mass is 9.95. The Morgan fingerprint density at radius 3 is 2.32 bits per heavy atom. The van der Waals surface area contributed by atoms with Gasteiger partial charge in [-0.25, -0.2) is 14.6 Å². The number of benzene rings is 1. The summed E-state index contributed by atoms with van der Waals surface area (Å²) in [4.78, 5) is 22.4. The molecular formula is C13H14N2O4. The molecule has 1 aliphatic heterocycles. The Bertz CT molecular complexity index is 565. The van der Waals surface area contributed by atoms with Gasteiger partial charge in [-0.15, -0.1) is 0 Å². The molecule has 1 unspecified atom stereocenters. The van der Waals surface area contributed by atoms with Crippen molar-refractivity contribution in [2.75, 3.05) is 5.01 Å². The summed E-state index contributed by atoms with van der Waals surface area (Å²) in [5.41, 5.74) is 0.0721. The van der Waals surface area contributed by atoms with Crippen LogP contribution >= 0.6 is 0 Å². The number of rotatable bonds is 3. The Morgan fingerprint density at radius 1 is 1.26 bits per heavy atom. The van der Waals surface area contributed by atoms with Crippen LogP contribution in [-0.4, -0.2) is 33.4 Å². The fourth-order valence-corrected chi connectivity index (χ4v) is 1.98. The Hall–Kier alpha value is -2.37. The fourth-order valence-electron chi connectivity index (χ4n) is 1.98. The van der Waals surface area contributed by atoms with Crippen LogP contribution in [0.5, 0.6) is 0 Å². The first-order valence-corrected chi connectivity index (χ1v) is 5.75. The Balaban J connectivity index is 2.47. The first kappa shape index (κ1) is 13.1. The lowest BCUT2D eigenvalue weighted by Gasteiger charge is -2.30. The van der Waals surface area contributed by atoms with Crippen LogP contribution in [-0.2, 0) is 9.59 Å². The molecule has 0 spiro atoms. The lowest BCUT2D eigenvalue weighted by Crippen LogP contribution is -2.47. The van der Waals surface area contributed by atoms with E-state index in [1.807, 2.05) is 19.1 Å². The molecule has 100 valence electrons. The number of anilines is 1. The average Bonchev–Trinajstić information content (AvgIpc) is 2.70. The van der Waals surface area contributed by atoms with E-state index in [0.717, 1.165) is 5.56 Å². The van der Waals surface area contributed by atoms with E-state index in [2.05, 4.69) is 5.10 Å². The topological polar surface area (TPSA) is 90.2 Å². The molecule has 2 rings (SSSR count). The molecule has 1 aliphatic rings. The molecule has 1 heterocycles. The summed E-state index contributed by atoms with van der Waals surface area (Å²) in [6, 6.07) is 7.10. The summed E-state index contributed by atoms with van der Waals surface area (Å²) >= 11 is 0. The van der Waals surface area contributed by atoms with Crippen molar-refractivity contribution in [3.63, 3.8) is 0 Å². The molecule has 19 heavy (non-hydrogen) atoms. The number of carbonyl (C=O) groups is 2. The third-order valence-corrected chi connectivity index (χ3v) is 3.19. The third-order valence-electron chi connectivity index (χ3n) is 3.19. The SMILES string of the molecule is Cc1ccc(N2N=C(C(=O)O)CC2(C)C(=O)O)cc1. The molecule has 0 saturated heterocycles. The summed E-state index contributed by atoms with van der Waals surface area (Å²) in [5.74, 6) is -2.30. The highest BCUT2D eigenvalue weighted by atomic mass is 16.4. The van der Waals surface area contributed by atoms with E-state index in [9.17, 15) is 14.7 Å². The van der Waals surface area contributed by atoms with Crippen molar-refractivity contribution in [3.8, 4) is 0 Å². The van der Waals surface area contributed by atoms with E-state index in [1.54, 1.807) is 12.1 Å². The highest BCUT2D eigenvalue weighted by molar-refractivity contribution is 6.37. The largest absolute Gasteiger partial charge is 0.479 e. The minimum absolute atomic E-state index is 0.133. The van der Waals surface area contributed by atoms with Gasteiger partial charge in [-0.05, 0) is 26.0 Å². The monoisotopic (exact) mass is 262 g/mol. The molecule has 6 nitrogen and oxygen atoms in total. The van der Waals surface area contributed by atoms with Gasteiger partial charge in [-0.3, -0.25) is 0 Å². The number of aryl methyl sites for hydroxylation is 1. The zero-order chi connectivity index (χ0) is 14.2. The number of aliphatic carboxylic acids is 2. The molecule has 1 aromatic carbocycles. The standard InChI is InChI=1S/C13H14N2O4/c1-8-3-5-9(6-4-8)15-13(2,12(18)19)7-10(14-15)11(16)17/h3-6H,7H2,1-2H3,(H,16,17)(H,18,19). The first-order chi connectivity index (χ1) is 8.84. The van der Waals surface area contributed by atoms with E-state index in [-0.39, 0.29) is 12.1 Å². The molecule has 0 aromatic heterocycles. The third kappa shape index (κ3) is 2.16. The molecule has 1 aromatic rings. The van der Waals surface area contributed by atoms with Crippen molar-refractivity contribution < 1.29 is 19.8 Å². The van der Waals surface area contributed by atoms with Crippen molar-refractivity contribution in [2.24, 2.45) is 5.10 Å². The number of carboxylic acids is 2. The van der Waals surface area contributed by atoms with Crippen LogP contribution in [0.2, 0.25) is 0 Å². The van der Waals surface area contributed by atoms with Gasteiger partial charge in [0.25, 0.3) is 0 Å². The van der Waals surface area contributed by atoms with Gasteiger partial charge in [-0.1, -0.05) is 17.7 Å². The number of hydrazone groups is 1. The number of hydrogen-bond acceptors (Lipinski definition) is 4. The number of nitrogens with zero attached hydrogens (tertiary/aromatic N) is 2. The van der Waals surface area contributed by atoms with E-state index < -0.39 is 17.5 Å². The van der Waals surface area contributed by atoms with Crippen LogP contribution in [0.3, 0.4) is 0 Å². The Morgan fingerprint density at radius 2 is 1.84 bits per heavy atom. The van der Waals surface area contributed by atoms with Crippen LogP contribution < -0.4 is 5.01 Å². The molecule has 6 heteroatoms. The van der Waals surface area contributed by atoms with Gasteiger partial charge in [0.1, 0.15) is 5.71 Å². The van der Waals surface area contributed by atoms with Gasteiger partial charge in [0.15, 0.2) is 5.54 Å². The van der Waals surface area contributed by atoms with Crippen molar-refractivity contribution in [3.05, 3.63) is 29.8 Å². The van der Waals surface area contributed by atoms with E-state index in [0.29, 0.717) is 5.69 Å². The van der Waals surface area contributed by atoms with Crippen LogP contribution in [0.25, 0.3) is 0 Å². The van der Waals surface area contributed by atoms with Crippen molar-refractivity contribution >= 4 is 23.3 Å². The predicted octanol–water partition coefficient (Wildman–Crippen LogP) is 1.49. The van der Waals surface area contributed by atoms with Crippen LogP contribution in [0, 0.1) is 6.92 Å². The van der Waals surface area contributed by atoms with E-state index >= 15 is 0 Å². The van der Waals surface area contributed by atoms with Gasteiger partial charge in [0.2, 0.25) is 0 Å². The van der Waals surface area contributed by atoms with Crippen molar-refractivity contribution in [1.29, 1.82) is 0 Å². The van der Waals surface area contributed by atoms with Crippen LogP contribution in [0.1, 0.15) is 18.9 Å². The van der Waals surface area contributed by atoms with Crippen LogP contribution in [0.15, 0.2) is 29.4 Å². The molecule has 0 saturated carbocycles. The van der Waals surface area contributed by atoms with Gasteiger partial charge >= 0.3 is 11.9 Å². The molecule has 0 bridgehead atoms. The number of carboxylic acid groups (broad SMARTS) is 2. The van der Waals surface area contributed by atoms with Gasteiger partial charge < -0.3 is 10.2 Å². The summed E-state index contributed by atoms with van der Waals surface area (Å²) in [7, 11) is 0. The second-order valence-electron chi connectivity index (χ2n) is 4.75. The van der Waals surface area contributed by atoms with Gasteiger partial charge in [0, 0.05) is 6.42 Å². The maximum Gasteiger partial charge on any atom is 0.352 e. The number of hydrogen-bond donors (Lipinski definition) is 2. The fraction of sp³-hybridized carbons (Fsp3) is 0.308. The molecule has 1 atom stereocenters.